The molecule has 1 aliphatic rings. The third kappa shape index (κ3) is 7.02. The maximum atomic E-state index is 12.5. The van der Waals surface area contributed by atoms with Crippen molar-refractivity contribution in [1.82, 2.24) is 20.9 Å². The Morgan fingerprint density at radius 2 is 1.90 bits per heavy atom. The van der Waals surface area contributed by atoms with E-state index in [0.717, 1.165) is 17.9 Å². The molecule has 8 heteroatoms. The molecule has 31 heavy (non-hydrogen) atoms. The molecule has 0 spiro atoms. The average molecular weight is 424 g/mol. The van der Waals surface area contributed by atoms with Crippen LogP contribution in [0.15, 0.2) is 59.6 Å². The highest BCUT2D eigenvalue weighted by atomic mass is 16.5. The van der Waals surface area contributed by atoms with E-state index in [4.69, 9.17) is 4.74 Å². The van der Waals surface area contributed by atoms with Crippen molar-refractivity contribution in [3.8, 4) is 5.75 Å². The third-order valence-electron chi connectivity index (χ3n) is 4.70. The number of carbonyl (C=O) groups excluding carboxylic acids is 2. The fourth-order valence-electron chi connectivity index (χ4n) is 3.11. The fourth-order valence-corrected chi connectivity index (χ4v) is 3.11. The lowest BCUT2D eigenvalue weighted by atomic mass is 10.1. The number of carbonyl (C=O) groups is 2. The van der Waals surface area contributed by atoms with Crippen molar-refractivity contribution in [2.45, 2.75) is 13.5 Å². The van der Waals surface area contributed by atoms with Gasteiger partial charge in [-0.05, 0) is 36.8 Å². The quantitative estimate of drug-likeness (QED) is 0.339. The molecule has 1 fully saturated rings. The molecule has 1 saturated heterocycles. The van der Waals surface area contributed by atoms with Gasteiger partial charge in [-0.25, -0.2) is 4.99 Å². The number of guanidine groups is 1. The molecular weight excluding hydrogens is 394 g/mol. The zero-order valence-corrected chi connectivity index (χ0v) is 17.8. The number of hydrogen-bond donors (Lipinski definition) is 3. The zero-order valence-electron chi connectivity index (χ0n) is 17.8. The first kappa shape index (κ1) is 22.1. The third-order valence-corrected chi connectivity index (χ3v) is 4.70. The topological polar surface area (TPSA) is 95.1 Å². The van der Waals surface area contributed by atoms with Crippen LogP contribution in [0.1, 0.15) is 22.8 Å². The van der Waals surface area contributed by atoms with E-state index in [1.54, 1.807) is 17.0 Å². The molecule has 8 nitrogen and oxygen atoms in total. The molecule has 2 amide bonds. The summed E-state index contributed by atoms with van der Waals surface area (Å²) < 4.78 is 5.68. The van der Waals surface area contributed by atoms with Gasteiger partial charge < -0.3 is 25.6 Å². The lowest BCUT2D eigenvalue weighted by molar-refractivity contribution is -0.123. The van der Waals surface area contributed by atoms with E-state index in [1.165, 1.54) is 0 Å². The Balaban J connectivity index is 1.49. The molecular formula is C23H29N5O3. The summed E-state index contributed by atoms with van der Waals surface area (Å²) in [5, 5.41) is 9.19. The Morgan fingerprint density at radius 3 is 2.61 bits per heavy atom. The van der Waals surface area contributed by atoms with Gasteiger partial charge in [0, 0.05) is 25.2 Å². The van der Waals surface area contributed by atoms with Gasteiger partial charge in [-0.1, -0.05) is 30.3 Å². The second kappa shape index (κ2) is 11.6. The molecule has 0 radical (unpaired) electrons. The van der Waals surface area contributed by atoms with Crippen LogP contribution >= 0.6 is 0 Å². The van der Waals surface area contributed by atoms with E-state index in [9.17, 15) is 9.59 Å². The summed E-state index contributed by atoms with van der Waals surface area (Å²) in [6.07, 6.45) is 0. The van der Waals surface area contributed by atoms with Crippen LogP contribution in [0.3, 0.4) is 0 Å². The second-order valence-electron chi connectivity index (χ2n) is 7.06. The lowest BCUT2D eigenvalue weighted by Gasteiger charge is -2.26. The van der Waals surface area contributed by atoms with E-state index in [1.807, 2.05) is 49.4 Å². The number of amides is 2. The van der Waals surface area contributed by atoms with Crippen LogP contribution in [-0.4, -0.2) is 62.0 Å². The van der Waals surface area contributed by atoms with Gasteiger partial charge in [0.15, 0.2) is 5.96 Å². The number of nitrogens with zero attached hydrogens (tertiary/aromatic N) is 2. The van der Waals surface area contributed by atoms with Gasteiger partial charge in [-0.15, -0.1) is 0 Å². The van der Waals surface area contributed by atoms with Gasteiger partial charge in [-0.2, -0.15) is 0 Å². The van der Waals surface area contributed by atoms with E-state index in [2.05, 4.69) is 20.9 Å². The summed E-state index contributed by atoms with van der Waals surface area (Å²) in [4.78, 5) is 30.2. The van der Waals surface area contributed by atoms with Crippen LogP contribution in [0.5, 0.6) is 5.75 Å². The first-order chi connectivity index (χ1) is 15.2. The number of benzene rings is 2. The van der Waals surface area contributed by atoms with Crippen LogP contribution in [0.25, 0.3) is 0 Å². The summed E-state index contributed by atoms with van der Waals surface area (Å²) in [6.45, 7) is 5.53. The summed E-state index contributed by atoms with van der Waals surface area (Å²) in [7, 11) is 0. The molecule has 0 unspecified atom stereocenters. The summed E-state index contributed by atoms with van der Waals surface area (Å²) in [6, 6.07) is 17.0. The molecule has 1 aliphatic heterocycles. The Labute approximate surface area is 182 Å². The highest BCUT2D eigenvalue weighted by molar-refractivity contribution is 5.97. The van der Waals surface area contributed by atoms with Crippen LogP contribution in [0.2, 0.25) is 0 Å². The molecule has 0 aromatic heterocycles. The average Bonchev–Trinajstić information content (AvgIpc) is 2.81. The molecule has 0 saturated carbocycles. The first-order valence-electron chi connectivity index (χ1n) is 10.5. The van der Waals surface area contributed by atoms with Crippen molar-refractivity contribution in [2.75, 3.05) is 39.3 Å². The predicted molar refractivity (Wildman–Crippen MR) is 120 cm³/mol. The number of piperazine rings is 1. The highest BCUT2D eigenvalue weighted by Gasteiger charge is 2.22. The van der Waals surface area contributed by atoms with Gasteiger partial charge in [0.1, 0.15) is 12.4 Å². The van der Waals surface area contributed by atoms with Crippen molar-refractivity contribution in [1.29, 1.82) is 0 Å². The van der Waals surface area contributed by atoms with Gasteiger partial charge >= 0.3 is 0 Å². The molecule has 2 aromatic rings. The molecule has 0 atom stereocenters. The Kier molecular flexibility index (Phi) is 8.28. The monoisotopic (exact) mass is 423 g/mol. The number of nitrogens with one attached hydrogen (secondary N) is 3. The largest absolute Gasteiger partial charge is 0.492 e. The zero-order chi connectivity index (χ0) is 21.9. The number of rotatable bonds is 8. The lowest BCUT2D eigenvalue weighted by Crippen LogP contribution is -2.49. The number of hydrogen-bond acceptors (Lipinski definition) is 4. The van der Waals surface area contributed by atoms with E-state index in [-0.39, 0.29) is 18.4 Å². The van der Waals surface area contributed by atoms with E-state index in [0.29, 0.717) is 44.3 Å². The minimum absolute atomic E-state index is 0.108. The van der Waals surface area contributed by atoms with Crippen molar-refractivity contribution < 1.29 is 14.3 Å². The van der Waals surface area contributed by atoms with Crippen LogP contribution in [0.4, 0.5) is 0 Å². The Morgan fingerprint density at radius 1 is 1.13 bits per heavy atom. The van der Waals surface area contributed by atoms with Crippen molar-refractivity contribution in [3.05, 3.63) is 65.7 Å². The SMILES string of the molecule is CCNC(=NCc1ccc(C(=O)N2CCNC(=O)C2)cc1)NCCOc1ccccc1. The standard InChI is InChI=1S/C23H29N5O3/c1-2-24-23(26-13-15-31-20-6-4-3-5-7-20)27-16-18-8-10-19(11-9-18)22(30)28-14-12-25-21(29)17-28/h3-11H,2,12-17H2,1H3,(H,25,29)(H2,24,26,27). The summed E-state index contributed by atoms with van der Waals surface area (Å²) in [5.74, 6) is 1.30. The van der Waals surface area contributed by atoms with Crippen LogP contribution < -0.4 is 20.7 Å². The van der Waals surface area contributed by atoms with Gasteiger partial charge in [0.25, 0.3) is 5.91 Å². The minimum atomic E-state index is -0.127. The summed E-state index contributed by atoms with van der Waals surface area (Å²) in [5.41, 5.74) is 1.57. The summed E-state index contributed by atoms with van der Waals surface area (Å²) >= 11 is 0. The van der Waals surface area contributed by atoms with Crippen LogP contribution in [-0.2, 0) is 11.3 Å². The Hall–Kier alpha value is -3.55. The maximum absolute atomic E-state index is 12.5. The van der Waals surface area contributed by atoms with Gasteiger partial charge in [-0.3, -0.25) is 9.59 Å². The van der Waals surface area contributed by atoms with Crippen molar-refractivity contribution in [2.24, 2.45) is 4.99 Å². The van der Waals surface area contributed by atoms with Crippen LogP contribution in [0, 0.1) is 0 Å². The molecule has 3 rings (SSSR count). The van der Waals surface area contributed by atoms with Crippen molar-refractivity contribution in [3.63, 3.8) is 0 Å². The van der Waals surface area contributed by atoms with E-state index >= 15 is 0 Å². The van der Waals surface area contributed by atoms with Gasteiger partial charge in [0.05, 0.1) is 19.6 Å². The first-order valence-corrected chi connectivity index (χ1v) is 10.5. The number of aliphatic imine (C=N–C) groups is 1. The second-order valence-corrected chi connectivity index (χ2v) is 7.06. The van der Waals surface area contributed by atoms with E-state index < -0.39 is 0 Å². The van der Waals surface area contributed by atoms with Gasteiger partial charge in [0.2, 0.25) is 5.91 Å². The normalized spacial score (nSPS) is 14.0. The number of para-hydroxylation sites is 1. The minimum Gasteiger partial charge on any atom is -0.492 e. The smallest absolute Gasteiger partial charge is 0.254 e. The Bertz CT molecular complexity index is 884. The number of ether oxygens (including phenoxy) is 1. The predicted octanol–water partition coefficient (Wildman–Crippen LogP) is 1.39. The molecule has 2 aromatic carbocycles. The highest BCUT2D eigenvalue weighted by Crippen LogP contribution is 2.10. The fraction of sp³-hybridized carbons (Fsp3) is 0.348. The van der Waals surface area contributed by atoms with Crippen molar-refractivity contribution >= 4 is 17.8 Å². The molecule has 3 N–H and O–H groups in total. The molecule has 0 bridgehead atoms. The molecule has 0 aliphatic carbocycles. The molecule has 164 valence electrons. The maximum Gasteiger partial charge on any atom is 0.254 e. The molecule has 1 heterocycles.